The van der Waals surface area contributed by atoms with E-state index < -0.39 is 62.6 Å². The van der Waals surface area contributed by atoms with Gasteiger partial charge in [0.25, 0.3) is 5.91 Å². The Hall–Kier alpha value is -5.44. The van der Waals surface area contributed by atoms with Gasteiger partial charge < -0.3 is 29.4 Å². The minimum Gasteiger partial charge on any atom is -0.497 e. The second-order valence-electron chi connectivity index (χ2n) is 15.3. The summed E-state index contributed by atoms with van der Waals surface area (Å²) in [5.74, 6) is -1.64. The zero-order valence-electron chi connectivity index (χ0n) is 31.3. The molecule has 2 aromatic carbocycles. The molecule has 1 saturated heterocycles. The maximum absolute atomic E-state index is 14.5. The number of hydrogen-bond donors (Lipinski definition) is 3. The number of rotatable bonds is 8. The summed E-state index contributed by atoms with van der Waals surface area (Å²) in [5.41, 5.74) is 1.44. The highest BCUT2D eigenvalue weighted by Gasteiger charge is 2.62. The fourth-order valence-electron chi connectivity index (χ4n) is 7.94. The number of hydrogen-bond acceptors (Lipinski definition) is 10. The van der Waals surface area contributed by atoms with E-state index in [1.54, 1.807) is 13.2 Å². The number of ether oxygens (including phenoxy) is 2. The number of fused-ring (bicyclic) bond motifs is 5. The van der Waals surface area contributed by atoms with Gasteiger partial charge in [0.05, 0.1) is 24.6 Å². The fourth-order valence-corrected chi connectivity index (χ4v) is 9.31. The summed E-state index contributed by atoms with van der Waals surface area (Å²) in [4.78, 5) is 61.3. The number of carbonyl (C=O) groups is 4. The molecule has 0 bridgehead atoms. The number of para-hydroxylation sites is 1. The molecule has 0 unspecified atom stereocenters. The van der Waals surface area contributed by atoms with Gasteiger partial charge in [-0.15, -0.1) is 0 Å². The predicted molar refractivity (Wildman–Crippen MR) is 207 cm³/mol. The summed E-state index contributed by atoms with van der Waals surface area (Å²) in [7, 11) is -2.31. The predicted octanol–water partition coefficient (Wildman–Crippen LogP) is 4.51. The Bertz CT molecular complexity index is 2360. The first-order chi connectivity index (χ1) is 27.0. The summed E-state index contributed by atoms with van der Waals surface area (Å²) < 4.78 is 46.4. The van der Waals surface area contributed by atoms with E-state index in [9.17, 15) is 27.6 Å². The van der Waals surface area contributed by atoms with Crippen molar-refractivity contribution in [3.63, 3.8) is 0 Å². The number of pyridine rings is 1. The molecule has 294 valence electrons. The van der Waals surface area contributed by atoms with Crippen molar-refractivity contribution in [2.45, 2.75) is 93.7 Å². The minimum absolute atomic E-state index is 0.00979. The second-order valence-corrected chi connectivity index (χ2v) is 17.2. The highest BCUT2D eigenvalue weighted by Crippen LogP contribution is 2.46. The molecule has 2 saturated carbocycles. The van der Waals surface area contributed by atoms with E-state index in [2.05, 4.69) is 15.4 Å². The lowest BCUT2D eigenvalue weighted by Crippen LogP contribution is -2.58. The normalized spacial score (nSPS) is 26.3. The lowest BCUT2D eigenvalue weighted by Gasteiger charge is -2.29. The number of nitrogens with one attached hydrogen (secondary N) is 3. The molecule has 3 N–H and O–H groups in total. The van der Waals surface area contributed by atoms with Crippen LogP contribution in [-0.2, 0) is 29.2 Å². The largest absolute Gasteiger partial charge is 0.497 e. The maximum atomic E-state index is 14.5. The lowest BCUT2D eigenvalue weighted by atomic mass is 10.0. The third kappa shape index (κ3) is 7.43. The van der Waals surface area contributed by atoms with Crippen molar-refractivity contribution >= 4 is 55.7 Å². The van der Waals surface area contributed by atoms with Crippen LogP contribution in [0.4, 0.5) is 0 Å². The zero-order chi connectivity index (χ0) is 39.2. The van der Waals surface area contributed by atoms with E-state index in [1.807, 2.05) is 60.7 Å². The Morgan fingerprint density at radius 3 is 2.64 bits per heavy atom. The average Bonchev–Trinajstić information content (AvgIpc) is 4.08. The van der Waals surface area contributed by atoms with Crippen LogP contribution in [0.5, 0.6) is 11.5 Å². The van der Waals surface area contributed by atoms with E-state index in [1.165, 1.54) is 11.8 Å². The molecule has 4 amide bonds. The van der Waals surface area contributed by atoms with Crippen molar-refractivity contribution in [2.75, 3.05) is 13.7 Å². The molecule has 5 atom stereocenters. The molecule has 4 aromatic rings. The first-order valence-corrected chi connectivity index (χ1v) is 20.8. The molecule has 2 aliphatic carbocycles. The number of furan rings is 1. The molecule has 4 aliphatic rings. The van der Waals surface area contributed by atoms with Crippen LogP contribution in [0.2, 0.25) is 0 Å². The number of aromatic nitrogens is 1. The van der Waals surface area contributed by atoms with Crippen molar-refractivity contribution in [2.24, 2.45) is 5.92 Å². The van der Waals surface area contributed by atoms with Gasteiger partial charge in [0, 0.05) is 36.3 Å². The van der Waals surface area contributed by atoms with Crippen molar-refractivity contribution < 1.29 is 41.5 Å². The zero-order valence-corrected chi connectivity index (χ0v) is 32.1. The molecule has 14 nitrogen and oxygen atoms in total. The van der Waals surface area contributed by atoms with Crippen LogP contribution in [0.25, 0.3) is 33.3 Å². The second kappa shape index (κ2) is 14.9. The van der Waals surface area contributed by atoms with Gasteiger partial charge in [-0.3, -0.25) is 23.9 Å². The molecule has 56 heavy (non-hydrogen) atoms. The van der Waals surface area contributed by atoms with Gasteiger partial charge in [0.15, 0.2) is 11.3 Å². The third-order valence-corrected chi connectivity index (χ3v) is 13.0. The van der Waals surface area contributed by atoms with Gasteiger partial charge in [-0.25, -0.2) is 13.4 Å². The average molecular weight is 784 g/mol. The molecule has 15 heteroatoms. The van der Waals surface area contributed by atoms with Crippen LogP contribution in [-0.4, -0.2) is 84.6 Å². The van der Waals surface area contributed by atoms with Gasteiger partial charge >= 0.3 is 0 Å². The molecule has 4 heterocycles. The Balaban J connectivity index is 1.15. The molecular formula is C41H45N5O9S. The quantitative estimate of drug-likeness (QED) is 0.215. The summed E-state index contributed by atoms with van der Waals surface area (Å²) >= 11 is 0. The number of carbonyl (C=O) groups excluding carboxylic acids is 4. The van der Waals surface area contributed by atoms with Crippen LogP contribution in [0, 0.1) is 5.92 Å². The number of allylic oxidation sites excluding steroid dienone is 1. The van der Waals surface area contributed by atoms with Crippen molar-refractivity contribution in [3.05, 3.63) is 66.7 Å². The van der Waals surface area contributed by atoms with E-state index in [-0.39, 0.29) is 25.3 Å². The third-order valence-electron chi connectivity index (χ3n) is 11.2. The van der Waals surface area contributed by atoms with Crippen LogP contribution < -0.4 is 24.8 Å². The lowest BCUT2D eigenvalue weighted by molar-refractivity contribution is -0.142. The topological polar surface area (TPSA) is 186 Å². The molecule has 3 fully saturated rings. The summed E-state index contributed by atoms with van der Waals surface area (Å²) in [6.45, 7) is 1.34. The SMILES string of the molecule is COc1cccc(-c2cc(O[C@@H]3C[C@H]4C(=O)N[C@]5(C(=O)NS(=O)(=O)C6CC6)C[C@H]5/C=C\CCCCC[C@H](NC(C)=O)C(=O)N4C3)c3oc4ccccc4c3n2)c1. The number of sulfonamides is 1. The smallest absolute Gasteiger partial charge is 0.259 e. The number of amides is 4. The highest BCUT2D eigenvalue weighted by atomic mass is 32.2. The van der Waals surface area contributed by atoms with Gasteiger partial charge in [-0.2, -0.15) is 0 Å². The number of nitrogens with zero attached hydrogens (tertiary/aromatic N) is 2. The van der Waals surface area contributed by atoms with Crippen LogP contribution >= 0.6 is 0 Å². The standard InChI is InChI=1S/C41H45N5O9S/c1-24(47)42-31-15-7-5-3-4-6-12-26-22-41(26,40(50)45-56(51,52)29-17-18-29)44-38(48)33-20-28(23-46(33)39(31)49)54-35-21-32(25-11-10-13-27(19-25)53-2)43-36-30-14-8-9-16-34(30)55-37(35)36/h6,8-14,16,19,21,26,28-29,31,33H,3-5,7,15,17-18,20,22-23H2,1-2H3,(H,42,47)(H,44,48)(H,45,50)/b12-6-/t26-,28-,31+,33+,41-/m1/s1. The first kappa shape index (κ1) is 37.5. The van der Waals surface area contributed by atoms with E-state index in [0.29, 0.717) is 66.0 Å². The summed E-state index contributed by atoms with van der Waals surface area (Å²) in [6, 6.07) is 14.7. The summed E-state index contributed by atoms with van der Waals surface area (Å²) in [5, 5.41) is 5.84. The first-order valence-electron chi connectivity index (χ1n) is 19.2. The van der Waals surface area contributed by atoms with Gasteiger partial charge in [-0.1, -0.05) is 49.3 Å². The molecule has 0 radical (unpaired) electrons. The van der Waals surface area contributed by atoms with Crippen LogP contribution in [0.1, 0.15) is 64.7 Å². The van der Waals surface area contributed by atoms with Crippen LogP contribution in [0.3, 0.4) is 0 Å². The van der Waals surface area contributed by atoms with E-state index in [0.717, 1.165) is 23.8 Å². The highest BCUT2D eigenvalue weighted by molar-refractivity contribution is 7.91. The summed E-state index contributed by atoms with van der Waals surface area (Å²) in [6.07, 6.45) is 7.66. The maximum Gasteiger partial charge on any atom is 0.259 e. The van der Waals surface area contributed by atoms with E-state index in [4.69, 9.17) is 18.9 Å². The van der Waals surface area contributed by atoms with Gasteiger partial charge in [-0.05, 0) is 62.8 Å². The Labute approximate surface area is 324 Å². The van der Waals surface area contributed by atoms with Gasteiger partial charge in [0.2, 0.25) is 27.7 Å². The Kier molecular flexibility index (Phi) is 9.97. The minimum atomic E-state index is -3.90. The van der Waals surface area contributed by atoms with E-state index >= 15 is 0 Å². The molecule has 2 aromatic heterocycles. The van der Waals surface area contributed by atoms with Crippen molar-refractivity contribution in [1.82, 2.24) is 25.2 Å². The molecule has 8 rings (SSSR count). The van der Waals surface area contributed by atoms with Crippen molar-refractivity contribution in [3.8, 4) is 22.8 Å². The monoisotopic (exact) mass is 783 g/mol. The van der Waals surface area contributed by atoms with Crippen molar-refractivity contribution in [1.29, 1.82) is 0 Å². The van der Waals surface area contributed by atoms with Crippen LogP contribution in [0.15, 0.2) is 71.2 Å². The number of methoxy groups -OCH3 is 1. The molecule has 2 aliphatic heterocycles. The molecule has 0 spiro atoms. The van der Waals surface area contributed by atoms with Gasteiger partial charge in [0.1, 0.15) is 40.6 Å². The Morgan fingerprint density at radius 1 is 1.04 bits per heavy atom. The molecular weight excluding hydrogens is 739 g/mol. The Morgan fingerprint density at radius 2 is 1.86 bits per heavy atom. The number of benzene rings is 2. The fraction of sp³-hybridized carbons (Fsp3) is 0.439.